The molecule has 0 amide bonds. The highest BCUT2D eigenvalue weighted by Crippen LogP contribution is 2.78. The third kappa shape index (κ3) is 4.73. The molecular formula is C15H21Cl5NOP. The minimum Gasteiger partial charge on any atom is -0.299 e. The fourth-order valence-electron chi connectivity index (χ4n) is 2.68. The van der Waals surface area contributed by atoms with Crippen molar-refractivity contribution in [2.45, 2.75) is 53.8 Å². The van der Waals surface area contributed by atoms with Crippen molar-refractivity contribution in [1.82, 2.24) is 4.67 Å². The van der Waals surface area contributed by atoms with Crippen LogP contribution in [0.15, 0.2) is 30.3 Å². The van der Waals surface area contributed by atoms with Crippen molar-refractivity contribution in [3.8, 4) is 0 Å². The molecule has 0 aliphatic carbocycles. The lowest BCUT2D eigenvalue weighted by Crippen LogP contribution is -2.43. The van der Waals surface area contributed by atoms with Gasteiger partial charge >= 0.3 is 0 Å². The Morgan fingerprint density at radius 3 is 1.74 bits per heavy atom. The van der Waals surface area contributed by atoms with Crippen LogP contribution in [0.25, 0.3) is 0 Å². The van der Waals surface area contributed by atoms with Crippen LogP contribution in [0.2, 0.25) is 0 Å². The fraction of sp³-hybridized carbons (Fsp3) is 0.600. The molecule has 1 unspecified atom stereocenters. The van der Waals surface area contributed by atoms with Crippen LogP contribution in [0, 0.1) is 0 Å². The van der Waals surface area contributed by atoms with Gasteiger partial charge in [-0.1, -0.05) is 88.3 Å². The summed E-state index contributed by atoms with van der Waals surface area (Å²) in [6.45, 7) is 7.48. The number of halogens is 5. The van der Waals surface area contributed by atoms with Crippen LogP contribution in [0.4, 0.5) is 0 Å². The van der Waals surface area contributed by atoms with Crippen molar-refractivity contribution in [2.75, 3.05) is 0 Å². The molecule has 0 saturated heterocycles. The number of hydrogen-bond donors (Lipinski definition) is 0. The summed E-state index contributed by atoms with van der Waals surface area (Å²) in [6, 6.07) is 8.93. The van der Waals surface area contributed by atoms with Crippen molar-refractivity contribution in [3.05, 3.63) is 35.9 Å². The van der Waals surface area contributed by atoms with E-state index in [2.05, 4.69) is 0 Å². The van der Waals surface area contributed by atoms with E-state index in [0.29, 0.717) is 0 Å². The molecule has 0 bridgehead atoms. The highest BCUT2D eigenvalue weighted by atomic mass is 35.6. The van der Waals surface area contributed by atoms with Crippen LogP contribution in [0.3, 0.4) is 0 Å². The number of nitrogens with zero attached hydrogens (tertiary/aromatic N) is 1. The highest BCUT2D eigenvalue weighted by molar-refractivity contribution is 7.74. The molecule has 0 radical (unpaired) electrons. The molecule has 1 rings (SSSR count). The van der Waals surface area contributed by atoms with E-state index in [1.54, 1.807) is 4.67 Å². The summed E-state index contributed by atoms with van der Waals surface area (Å²) in [5, 5.41) is 0. The van der Waals surface area contributed by atoms with Gasteiger partial charge in [0.15, 0.2) is 4.07 Å². The van der Waals surface area contributed by atoms with E-state index in [1.807, 2.05) is 58.0 Å². The molecule has 1 aromatic rings. The van der Waals surface area contributed by atoms with Gasteiger partial charge in [-0.3, -0.25) is 4.57 Å². The van der Waals surface area contributed by atoms with Crippen LogP contribution in [0.1, 0.15) is 33.3 Å². The maximum absolute atomic E-state index is 13.9. The number of hydrogen-bond acceptors (Lipinski definition) is 1. The Hall–Kier alpha value is 0.860. The van der Waals surface area contributed by atoms with Gasteiger partial charge in [0.2, 0.25) is 7.29 Å². The van der Waals surface area contributed by atoms with Crippen molar-refractivity contribution < 1.29 is 4.57 Å². The summed E-state index contributed by atoms with van der Waals surface area (Å²) in [5.41, 5.74) is 0.819. The van der Waals surface area contributed by atoms with E-state index < -0.39 is 14.9 Å². The van der Waals surface area contributed by atoms with Crippen LogP contribution in [-0.4, -0.2) is 24.4 Å². The molecule has 2 nitrogen and oxygen atoms in total. The van der Waals surface area contributed by atoms with Gasteiger partial charge in [-0.25, -0.2) is 4.67 Å². The zero-order chi connectivity index (χ0) is 18.1. The molecule has 1 atom stereocenters. The molecule has 23 heavy (non-hydrogen) atoms. The predicted molar refractivity (Wildman–Crippen MR) is 105 cm³/mol. The van der Waals surface area contributed by atoms with Gasteiger partial charge in [-0.15, -0.1) is 0 Å². The lowest BCUT2D eigenvalue weighted by atomic mass is 10.2. The number of rotatable bonds is 6. The first kappa shape index (κ1) is 21.9. The zero-order valence-corrected chi connectivity index (χ0v) is 18.1. The Morgan fingerprint density at radius 2 is 1.39 bits per heavy atom. The highest BCUT2D eigenvalue weighted by Gasteiger charge is 2.62. The summed E-state index contributed by atoms with van der Waals surface area (Å²) in [6.07, 6.45) is 0.109. The predicted octanol–water partition coefficient (Wildman–Crippen LogP) is 7.09. The van der Waals surface area contributed by atoms with Crippen molar-refractivity contribution in [2.24, 2.45) is 0 Å². The van der Waals surface area contributed by atoms with Crippen molar-refractivity contribution in [3.63, 3.8) is 0 Å². The normalized spacial score (nSPS) is 16.2. The second-order valence-corrected chi connectivity index (χ2v) is 14.1. The smallest absolute Gasteiger partial charge is 0.258 e. The lowest BCUT2D eigenvalue weighted by Gasteiger charge is -2.46. The molecule has 0 spiro atoms. The van der Waals surface area contributed by atoms with E-state index >= 15 is 0 Å². The first-order valence-corrected chi connectivity index (χ1v) is 10.8. The lowest BCUT2D eigenvalue weighted by molar-refractivity contribution is 0.295. The van der Waals surface area contributed by atoms with Crippen LogP contribution >= 0.6 is 65.3 Å². The van der Waals surface area contributed by atoms with E-state index in [1.165, 1.54) is 0 Å². The Balaban J connectivity index is 3.43. The van der Waals surface area contributed by atoms with Gasteiger partial charge in [0.25, 0.3) is 3.53 Å². The monoisotopic (exact) mass is 437 g/mol. The molecular weight excluding hydrogens is 418 g/mol. The molecule has 0 N–H and O–H groups in total. The van der Waals surface area contributed by atoms with Gasteiger partial charge in [0.1, 0.15) is 0 Å². The first-order valence-electron chi connectivity index (χ1n) is 7.22. The van der Waals surface area contributed by atoms with Gasteiger partial charge in [-0.2, -0.15) is 0 Å². The third-order valence-corrected chi connectivity index (χ3v) is 10.4. The second-order valence-electron chi connectivity index (χ2n) is 5.94. The molecule has 0 heterocycles. The Labute approximate surface area is 163 Å². The van der Waals surface area contributed by atoms with E-state index in [0.717, 1.165) is 5.56 Å². The molecule has 8 heteroatoms. The van der Waals surface area contributed by atoms with Crippen LogP contribution < -0.4 is 0 Å². The van der Waals surface area contributed by atoms with E-state index in [-0.39, 0.29) is 18.5 Å². The average Bonchev–Trinajstić information content (AvgIpc) is 2.36. The van der Waals surface area contributed by atoms with Crippen LogP contribution in [-0.2, 0) is 11.0 Å². The van der Waals surface area contributed by atoms with Gasteiger partial charge in [-0.05, 0) is 33.3 Å². The standard InChI is InChI=1S/C15H21Cl5NOP/c1-11(2)21(12(3)4)23(22,15(18,19)20)14(16,17)10-13-8-6-5-7-9-13/h5-9,11-12H,10H2,1-4H3. The Morgan fingerprint density at radius 1 is 0.957 bits per heavy atom. The van der Waals surface area contributed by atoms with Crippen LogP contribution in [0.5, 0.6) is 0 Å². The molecule has 0 fully saturated rings. The molecule has 1 aromatic carbocycles. The first-order chi connectivity index (χ1) is 10.3. The largest absolute Gasteiger partial charge is 0.299 e. The summed E-state index contributed by atoms with van der Waals surface area (Å²) in [5.74, 6) is 0. The Kier molecular flexibility index (Phi) is 7.66. The van der Waals surface area contributed by atoms with Crippen molar-refractivity contribution in [1.29, 1.82) is 0 Å². The summed E-state index contributed by atoms with van der Waals surface area (Å²) in [4.78, 5) is 0. The van der Waals surface area contributed by atoms with Gasteiger partial charge in [0.05, 0.1) is 0 Å². The average molecular weight is 440 g/mol. The second kappa shape index (κ2) is 8.04. The topological polar surface area (TPSA) is 20.3 Å². The summed E-state index contributed by atoms with van der Waals surface area (Å²) < 4.78 is 11.7. The van der Waals surface area contributed by atoms with Gasteiger partial charge in [0, 0.05) is 18.5 Å². The number of benzene rings is 1. The third-order valence-electron chi connectivity index (χ3n) is 3.43. The minimum absolute atomic E-state index is 0.109. The molecule has 0 aliphatic heterocycles. The van der Waals surface area contributed by atoms with E-state index in [4.69, 9.17) is 58.0 Å². The molecule has 132 valence electrons. The maximum Gasteiger partial charge on any atom is 0.258 e. The minimum atomic E-state index is -3.83. The fourth-order valence-corrected chi connectivity index (χ4v) is 9.80. The zero-order valence-electron chi connectivity index (χ0n) is 13.4. The quantitative estimate of drug-likeness (QED) is 0.348. The summed E-state index contributed by atoms with van der Waals surface area (Å²) >= 11 is 31.5. The SMILES string of the molecule is CC(C)N(C(C)C)P(=O)(C(Cl)(Cl)Cl)C(Cl)(Cl)Cc1ccccc1. The van der Waals surface area contributed by atoms with Crippen molar-refractivity contribution >= 4 is 65.3 Å². The van der Waals surface area contributed by atoms with Gasteiger partial charge < -0.3 is 0 Å². The molecule has 0 aromatic heterocycles. The Bertz CT molecular complexity index is 549. The molecule has 0 saturated carbocycles. The molecule has 0 aliphatic rings. The maximum atomic E-state index is 13.9. The van der Waals surface area contributed by atoms with E-state index in [9.17, 15) is 4.57 Å². The summed E-state index contributed by atoms with van der Waals surface area (Å²) in [7, 11) is -3.83. The number of alkyl halides is 5.